The van der Waals surface area contributed by atoms with Crippen LogP contribution in [0.3, 0.4) is 0 Å². The summed E-state index contributed by atoms with van der Waals surface area (Å²) in [6.07, 6.45) is 6.85. The summed E-state index contributed by atoms with van der Waals surface area (Å²) in [5.41, 5.74) is -0.268. The molecule has 0 heterocycles. The second-order valence-corrected chi connectivity index (χ2v) is 2.74. The highest BCUT2D eigenvalue weighted by atomic mass is 16.3. The highest BCUT2D eigenvalue weighted by Crippen LogP contribution is 2.18. The van der Waals surface area contributed by atoms with Crippen LogP contribution in [0.5, 0.6) is 0 Å². The molecule has 62 valence electrons. The average molecular weight is 154 g/mol. The normalized spacial score (nSPS) is 17.2. The Hall–Kier alpha value is -0.780. The van der Waals surface area contributed by atoms with Gasteiger partial charge in [0.2, 0.25) is 0 Å². The van der Waals surface area contributed by atoms with E-state index in [9.17, 15) is 5.11 Å². The molecule has 0 aromatic heterocycles. The first-order valence-corrected chi connectivity index (χ1v) is 3.51. The molecule has 0 aromatic carbocycles. The lowest BCUT2D eigenvalue weighted by atomic mass is 9.94. The third kappa shape index (κ3) is 3.22. The van der Waals surface area contributed by atoms with Crippen LogP contribution >= 0.6 is 0 Å². The number of aliphatic hydroxyl groups excluding tert-OH is 1. The maximum absolute atomic E-state index is 9.59. The standard InChI is InChI=1S/C9H14O2/c1-4-5-8(2)9(3,11)6-7-10/h1,5,10-11H,6-7H2,2-3H3/b8-5+. The molecule has 2 heteroatoms. The zero-order chi connectivity index (χ0) is 8.91. The van der Waals surface area contributed by atoms with Gasteiger partial charge in [-0.1, -0.05) is 5.92 Å². The highest BCUT2D eigenvalue weighted by Gasteiger charge is 2.20. The predicted octanol–water partition coefficient (Wildman–Crippen LogP) is 0.699. The molecule has 2 nitrogen and oxygen atoms in total. The molecule has 0 saturated carbocycles. The third-order valence-corrected chi connectivity index (χ3v) is 1.75. The first kappa shape index (κ1) is 10.2. The lowest BCUT2D eigenvalue weighted by Crippen LogP contribution is -2.26. The minimum atomic E-state index is -0.971. The summed E-state index contributed by atoms with van der Waals surface area (Å²) in [6.45, 7) is 3.34. The number of hydrogen-bond acceptors (Lipinski definition) is 2. The SMILES string of the molecule is C#C/C=C(\C)C(C)(O)CCO. The summed E-state index contributed by atoms with van der Waals surface area (Å²) >= 11 is 0. The minimum Gasteiger partial charge on any atom is -0.396 e. The second-order valence-electron chi connectivity index (χ2n) is 2.74. The van der Waals surface area contributed by atoms with Crippen molar-refractivity contribution >= 4 is 0 Å². The molecule has 0 saturated heterocycles. The van der Waals surface area contributed by atoms with Crippen molar-refractivity contribution in [1.82, 2.24) is 0 Å². The second kappa shape index (κ2) is 4.17. The first-order chi connectivity index (χ1) is 5.04. The molecule has 0 fully saturated rings. The van der Waals surface area contributed by atoms with Crippen molar-refractivity contribution in [3.63, 3.8) is 0 Å². The van der Waals surface area contributed by atoms with Gasteiger partial charge < -0.3 is 10.2 Å². The molecular formula is C9H14O2. The number of hydrogen-bond donors (Lipinski definition) is 2. The molecular weight excluding hydrogens is 140 g/mol. The molecule has 0 bridgehead atoms. The van der Waals surface area contributed by atoms with Crippen LogP contribution in [0.2, 0.25) is 0 Å². The van der Waals surface area contributed by atoms with Crippen molar-refractivity contribution in [2.45, 2.75) is 25.9 Å². The smallest absolute Gasteiger partial charge is 0.0857 e. The molecule has 1 atom stereocenters. The van der Waals surface area contributed by atoms with Gasteiger partial charge >= 0.3 is 0 Å². The third-order valence-electron chi connectivity index (χ3n) is 1.75. The lowest BCUT2D eigenvalue weighted by Gasteiger charge is -2.22. The number of terminal acetylenes is 1. The van der Waals surface area contributed by atoms with Gasteiger partial charge in [-0.15, -0.1) is 6.42 Å². The fourth-order valence-electron chi connectivity index (χ4n) is 0.695. The fourth-order valence-corrected chi connectivity index (χ4v) is 0.695. The Morgan fingerprint density at radius 2 is 2.27 bits per heavy atom. The van der Waals surface area contributed by atoms with E-state index >= 15 is 0 Å². The van der Waals surface area contributed by atoms with Crippen LogP contribution in [-0.4, -0.2) is 22.4 Å². The van der Waals surface area contributed by atoms with Crippen LogP contribution in [0, 0.1) is 12.3 Å². The van der Waals surface area contributed by atoms with Gasteiger partial charge in [0.05, 0.1) is 5.60 Å². The Balaban J connectivity index is 4.31. The fraction of sp³-hybridized carbons (Fsp3) is 0.556. The molecule has 2 N–H and O–H groups in total. The summed E-state index contributed by atoms with van der Waals surface area (Å²) in [5, 5.41) is 18.2. The van der Waals surface area contributed by atoms with Crippen LogP contribution in [0.25, 0.3) is 0 Å². The van der Waals surface area contributed by atoms with E-state index < -0.39 is 5.60 Å². The zero-order valence-corrected chi connectivity index (χ0v) is 6.96. The molecule has 0 rings (SSSR count). The van der Waals surface area contributed by atoms with E-state index in [1.165, 1.54) is 6.08 Å². The Morgan fingerprint density at radius 1 is 1.73 bits per heavy atom. The number of allylic oxidation sites excluding steroid dienone is 1. The Kier molecular flexibility index (Phi) is 3.88. The van der Waals surface area contributed by atoms with Gasteiger partial charge in [-0.3, -0.25) is 0 Å². The van der Waals surface area contributed by atoms with Gasteiger partial charge in [0, 0.05) is 13.0 Å². The van der Waals surface area contributed by atoms with Crippen LogP contribution in [-0.2, 0) is 0 Å². The van der Waals surface area contributed by atoms with Crippen LogP contribution in [0.1, 0.15) is 20.3 Å². The Morgan fingerprint density at radius 3 is 2.64 bits per heavy atom. The van der Waals surface area contributed by atoms with Crippen LogP contribution in [0.4, 0.5) is 0 Å². The Labute approximate surface area is 67.6 Å². The number of aliphatic hydroxyl groups is 2. The van der Waals surface area contributed by atoms with Gasteiger partial charge in [-0.05, 0) is 25.5 Å². The number of rotatable bonds is 3. The highest BCUT2D eigenvalue weighted by molar-refractivity contribution is 5.22. The largest absolute Gasteiger partial charge is 0.396 e. The molecule has 0 aliphatic rings. The van der Waals surface area contributed by atoms with E-state index in [1.54, 1.807) is 13.8 Å². The summed E-state index contributed by atoms with van der Waals surface area (Å²) in [4.78, 5) is 0. The molecule has 1 unspecified atom stereocenters. The van der Waals surface area contributed by atoms with Gasteiger partial charge in [-0.2, -0.15) is 0 Å². The quantitative estimate of drug-likeness (QED) is 0.587. The molecule has 0 aliphatic heterocycles. The van der Waals surface area contributed by atoms with Crippen molar-refractivity contribution < 1.29 is 10.2 Å². The molecule has 0 aromatic rings. The van der Waals surface area contributed by atoms with Crippen LogP contribution in [0.15, 0.2) is 11.6 Å². The van der Waals surface area contributed by atoms with Gasteiger partial charge in [0.1, 0.15) is 0 Å². The van der Waals surface area contributed by atoms with Crippen molar-refractivity contribution in [1.29, 1.82) is 0 Å². The first-order valence-electron chi connectivity index (χ1n) is 3.51. The van der Waals surface area contributed by atoms with E-state index in [0.717, 1.165) is 0 Å². The summed E-state index contributed by atoms with van der Waals surface area (Å²) in [5.74, 6) is 2.33. The van der Waals surface area contributed by atoms with Crippen molar-refractivity contribution in [3.8, 4) is 12.3 Å². The van der Waals surface area contributed by atoms with Crippen molar-refractivity contribution in [2.24, 2.45) is 0 Å². The molecule has 0 aliphatic carbocycles. The maximum Gasteiger partial charge on any atom is 0.0857 e. The van der Waals surface area contributed by atoms with E-state index in [0.29, 0.717) is 12.0 Å². The summed E-state index contributed by atoms with van der Waals surface area (Å²) < 4.78 is 0. The van der Waals surface area contributed by atoms with Crippen molar-refractivity contribution in [2.75, 3.05) is 6.61 Å². The monoisotopic (exact) mass is 154 g/mol. The van der Waals surface area contributed by atoms with Gasteiger partial charge in [0.25, 0.3) is 0 Å². The van der Waals surface area contributed by atoms with Crippen LogP contribution < -0.4 is 0 Å². The van der Waals surface area contributed by atoms with E-state index in [4.69, 9.17) is 11.5 Å². The zero-order valence-electron chi connectivity index (χ0n) is 6.96. The predicted molar refractivity (Wildman–Crippen MR) is 44.9 cm³/mol. The van der Waals surface area contributed by atoms with Gasteiger partial charge in [-0.25, -0.2) is 0 Å². The molecule has 0 amide bonds. The van der Waals surface area contributed by atoms with Crippen molar-refractivity contribution in [3.05, 3.63) is 11.6 Å². The summed E-state index contributed by atoms with van der Waals surface area (Å²) in [7, 11) is 0. The van der Waals surface area contributed by atoms with E-state index in [-0.39, 0.29) is 6.61 Å². The molecule has 0 radical (unpaired) electrons. The average Bonchev–Trinajstić information content (AvgIpc) is 1.88. The maximum atomic E-state index is 9.59. The lowest BCUT2D eigenvalue weighted by molar-refractivity contribution is 0.0677. The van der Waals surface area contributed by atoms with E-state index in [2.05, 4.69) is 5.92 Å². The molecule has 0 spiro atoms. The molecule has 11 heavy (non-hydrogen) atoms. The van der Waals surface area contributed by atoms with E-state index in [1.807, 2.05) is 0 Å². The Bertz CT molecular complexity index is 184. The topological polar surface area (TPSA) is 40.5 Å². The summed E-state index contributed by atoms with van der Waals surface area (Å²) in [6, 6.07) is 0. The minimum absolute atomic E-state index is 0.0389. The van der Waals surface area contributed by atoms with Gasteiger partial charge in [0.15, 0.2) is 0 Å².